The Morgan fingerprint density at radius 3 is 2.38 bits per heavy atom. The average molecular weight is 552 g/mol. The molecule has 1 atom stereocenters. The van der Waals surface area contributed by atoms with Crippen LogP contribution in [-0.2, 0) is 16.1 Å². The summed E-state index contributed by atoms with van der Waals surface area (Å²) in [4.78, 5) is 55.2. The number of ketones is 1. The van der Waals surface area contributed by atoms with Crippen LogP contribution in [0.3, 0.4) is 0 Å². The highest BCUT2D eigenvalue weighted by Gasteiger charge is 2.22. The quantitative estimate of drug-likeness (QED) is 0.162. The van der Waals surface area contributed by atoms with E-state index in [0.29, 0.717) is 41.9 Å². The summed E-state index contributed by atoms with van der Waals surface area (Å²) in [6.07, 6.45) is 6.93. The molecule has 0 aliphatic rings. The molecule has 3 aromatic rings. The predicted molar refractivity (Wildman–Crippen MR) is 152 cm³/mol. The topological polar surface area (TPSA) is 216 Å². The molecule has 3 rings (SSSR count). The van der Waals surface area contributed by atoms with Crippen molar-refractivity contribution < 1.29 is 19.5 Å². The Hall–Kier alpha value is -4.39. The van der Waals surface area contributed by atoms with Gasteiger partial charge in [0, 0.05) is 31.1 Å². The maximum atomic E-state index is 12.7. The summed E-state index contributed by atoms with van der Waals surface area (Å²) in [5, 5.41) is 12.1. The number of nitrogens with zero attached hydrogens (tertiary/aromatic N) is 5. The monoisotopic (exact) mass is 551 g/mol. The summed E-state index contributed by atoms with van der Waals surface area (Å²) in [5.74, 6) is -1.53. The van der Waals surface area contributed by atoms with E-state index in [2.05, 4.69) is 25.3 Å². The van der Waals surface area contributed by atoms with Gasteiger partial charge in [-0.3, -0.25) is 9.59 Å². The van der Waals surface area contributed by atoms with Crippen molar-refractivity contribution in [1.82, 2.24) is 25.3 Å². The number of aromatic nitrogens is 4. The van der Waals surface area contributed by atoms with Gasteiger partial charge >= 0.3 is 5.97 Å². The van der Waals surface area contributed by atoms with E-state index in [1.807, 2.05) is 11.9 Å². The molecule has 1 aromatic carbocycles. The number of benzene rings is 1. The van der Waals surface area contributed by atoms with Crippen molar-refractivity contribution in [3.8, 4) is 0 Å². The molecule has 0 unspecified atom stereocenters. The van der Waals surface area contributed by atoms with Crippen LogP contribution in [0, 0.1) is 0 Å². The summed E-state index contributed by atoms with van der Waals surface area (Å²) in [6, 6.07) is 5.55. The van der Waals surface area contributed by atoms with Crippen molar-refractivity contribution in [3.05, 3.63) is 41.7 Å². The predicted octanol–water partition coefficient (Wildman–Crippen LogP) is 2.05. The summed E-state index contributed by atoms with van der Waals surface area (Å²) in [6.45, 7) is 1.06. The number of carboxylic acids is 1. The molecule has 2 aromatic heterocycles. The Balaban J connectivity index is 1.51. The Morgan fingerprint density at radius 1 is 0.975 bits per heavy atom. The summed E-state index contributed by atoms with van der Waals surface area (Å²) in [7, 11) is 1.85. The van der Waals surface area contributed by atoms with Crippen LogP contribution in [0.1, 0.15) is 67.4 Å². The molecule has 0 saturated heterocycles. The Labute approximate surface area is 232 Å². The Kier molecular flexibility index (Phi) is 11.1. The first-order valence-electron chi connectivity index (χ1n) is 13.3. The van der Waals surface area contributed by atoms with Gasteiger partial charge in [0.2, 0.25) is 5.95 Å². The third kappa shape index (κ3) is 8.83. The normalized spacial score (nSPS) is 11.8. The smallest absolute Gasteiger partial charge is 0.326 e. The zero-order chi connectivity index (χ0) is 29.1. The maximum absolute atomic E-state index is 12.7. The van der Waals surface area contributed by atoms with Crippen molar-refractivity contribution in [3.63, 3.8) is 0 Å². The van der Waals surface area contributed by atoms with Gasteiger partial charge in [-0.25, -0.2) is 14.8 Å². The Bertz CT molecular complexity index is 1320. The first-order chi connectivity index (χ1) is 19.2. The molecule has 0 aliphatic heterocycles. The first kappa shape index (κ1) is 30.2. The number of unbranched alkanes of at least 4 members (excludes halogenated alkanes) is 4. The van der Waals surface area contributed by atoms with Crippen LogP contribution >= 0.6 is 0 Å². The van der Waals surface area contributed by atoms with E-state index in [4.69, 9.17) is 17.2 Å². The molecule has 214 valence electrons. The highest BCUT2D eigenvalue weighted by atomic mass is 16.4. The molecule has 13 heteroatoms. The number of carbonyl (C=O) groups is 3. The molecule has 2 heterocycles. The van der Waals surface area contributed by atoms with Crippen molar-refractivity contribution in [2.45, 2.75) is 64.0 Å². The molecule has 0 aliphatic carbocycles. The zero-order valence-corrected chi connectivity index (χ0v) is 22.7. The van der Waals surface area contributed by atoms with Gasteiger partial charge in [0.05, 0.1) is 18.4 Å². The molecular weight excluding hydrogens is 514 g/mol. The number of hydrogen-bond acceptors (Lipinski definition) is 11. The van der Waals surface area contributed by atoms with Crippen molar-refractivity contribution in [1.29, 1.82) is 0 Å². The Morgan fingerprint density at radius 2 is 1.68 bits per heavy atom. The lowest BCUT2D eigenvalue weighted by molar-refractivity contribution is -0.139. The van der Waals surface area contributed by atoms with Gasteiger partial charge in [-0.2, -0.15) is 9.97 Å². The molecule has 0 radical (unpaired) electrons. The minimum absolute atomic E-state index is 0.00200. The highest BCUT2D eigenvalue weighted by molar-refractivity contribution is 5.97. The number of aliphatic carboxylic acids is 1. The molecule has 0 fully saturated rings. The van der Waals surface area contributed by atoms with Crippen LogP contribution in [0.5, 0.6) is 0 Å². The number of nitrogens with two attached hydrogens (primary N) is 3. The molecule has 0 saturated carbocycles. The fourth-order valence-corrected chi connectivity index (χ4v) is 4.19. The summed E-state index contributed by atoms with van der Waals surface area (Å²) < 4.78 is 0. The van der Waals surface area contributed by atoms with Crippen molar-refractivity contribution in [2.24, 2.45) is 5.73 Å². The number of amides is 1. The minimum Gasteiger partial charge on any atom is -0.480 e. The summed E-state index contributed by atoms with van der Waals surface area (Å²) >= 11 is 0. The number of fused-ring (bicyclic) bond motifs is 1. The van der Waals surface area contributed by atoms with Crippen LogP contribution in [0.25, 0.3) is 11.2 Å². The molecule has 1 amide bonds. The van der Waals surface area contributed by atoms with Gasteiger partial charge in [0.1, 0.15) is 11.8 Å². The number of carboxylic acid groups (broad SMARTS) is 1. The second-order valence-electron chi connectivity index (χ2n) is 9.65. The lowest BCUT2D eigenvalue weighted by Crippen LogP contribution is -2.41. The van der Waals surface area contributed by atoms with Crippen LogP contribution in [-0.4, -0.2) is 62.3 Å². The maximum Gasteiger partial charge on any atom is 0.326 e. The van der Waals surface area contributed by atoms with E-state index < -0.39 is 17.9 Å². The fraction of sp³-hybridized carbons (Fsp3) is 0.444. The molecule has 0 spiro atoms. The van der Waals surface area contributed by atoms with E-state index in [-0.39, 0.29) is 30.4 Å². The summed E-state index contributed by atoms with van der Waals surface area (Å²) in [5.41, 5.74) is 19.4. The third-order valence-electron chi connectivity index (χ3n) is 6.45. The highest BCUT2D eigenvalue weighted by Crippen LogP contribution is 2.19. The molecule has 8 N–H and O–H groups in total. The van der Waals surface area contributed by atoms with Crippen molar-refractivity contribution in [2.75, 3.05) is 30.0 Å². The van der Waals surface area contributed by atoms with E-state index in [1.165, 1.54) is 0 Å². The number of nitrogen functional groups attached to an aromatic ring is 2. The SMILES string of the molecule is CN(Cc1cnc2nc(N)nc(N)c2n1)c1ccc(C(=O)N[C@@H](CCC(=O)CCCCCCCN)C(=O)O)cc1. The molecule has 40 heavy (non-hydrogen) atoms. The van der Waals surface area contributed by atoms with Crippen molar-refractivity contribution >= 4 is 46.3 Å². The van der Waals surface area contributed by atoms with E-state index in [1.54, 1.807) is 30.5 Å². The fourth-order valence-electron chi connectivity index (χ4n) is 4.19. The average Bonchev–Trinajstić information content (AvgIpc) is 2.93. The number of nitrogens with one attached hydrogen (secondary N) is 1. The molecule has 0 bridgehead atoms. The largest absolute Gasteiger partial charge is 0.480 e. The number of hydrogen-bond donors (Lipinski definition) is 5. The van der Waals surface area contributed by atoms with Gasteiger partial charge in [0.15, 0.2) is 17.0 Å². The van der Waals surface area contributed by atoms with Gasteiger partial charge in [-0.15, -0.1) is 0 Å². The lowest BCUT2D eigenvalue weighted by atomic mass is 10.0. The molecule has 13 nitrogen and oxygen atoms in total. The second kappa shape index (κ2) is 14.7. The standard InChI is InChI=1S/C27H37N9O4/c1-36(16-18-15-31-24-22(32-18)23(29)34-27(30)35-24)19-10-8-17(9-11-19)25(38)33-21(26(39)40)13-12-20(37)7-5-3-2-4-6-14-28/h8-11,15,21H,2-7,12-14,16,28H2,1H3,(H,33,38)(H,39,40)(H4,29,30,31,34,35)/t21-/m0/s1. The third-order valence-corrected chi connectivity index (χ3v) is 6.45. The van der Waals surface area contributed by atoms with Crippen LogP contribution in [0.2, 0.25) is 0 Å². The number of rotatable bonds is 16. The van der Waals surface area contributed by atoms with Gasteiger partial charge < -0.3 is 32.5 Å². The van der Waals surface area contributed by atoms with Gasteiger partial charge in [-0.1, -0.05) is 19.3 Å². The van der Waals surface area contributed by atoms with E-state index >= 15 is 0 Å². The minimum atomic E-state index is -1.18. The van der Waals surface area contributed by atoms with Gasteiger partial charge in [-0.05, 0) is 50.1 Å². The number of Topliss-reactive ketones (excluding diaryl/α,β-unsaturated/α-hetero) is 1. The lowest BCUT2D eigenvalue weighted by Gasteiger charge is -2.19. The van der Waals surface area contributed by atoms with Crippen LogP contribution in [0.4, 0.5) is 17.5 Å². The van der Waals surface area contributed by atoms with Gasteiger partial charge in [0.25, 0.3) is 5.91 Å². The second-order valence-corrected chi connectivity index (χ2v) is 9.65. The zero-order valence-electron chi connectivity index (χ0n) is 22.7. The number of carbonyl (C=O) groups excluding carboxylic acids is 2. The van der Waals surface area contributed by atoms with Crippen LogP contribution < -0.4 is 27.4 Å². The molecular formula is C27H37N9O4. The first-order valence-corrected chi connectivity index (χ1v) is 13.3. The number of anilines is 3. The van der Waals surface area contributed by atoms with E-state index in [0.717, 1.165) is 37.8 Å². The van der Waals surface area contributed by atoms with Crippen LogP contribution in [0.15, 0.2) is 30.5 Å². The van der Waals surface area contributed by atoms with E-state index in [9.17, 15) is 19.5 Å².